The molecule has 7 nitrogen and oxygen atoms in total. The summed E-state index contributed by atoms with van der Waals surface area (Å²) in [6.45, 7) is 2.06. The van der Waals surface area contributed by atoms with Crippen LogP contribution in [0.4, 0.5) is 11.4 Å². The maximum atomic E-state index is 13.1. The maximum Gasteiger partial charge on any atom is 0.259 e. The number of ether oxygens (including phenoxy) is 1. The zero-order valence-electron chi connectivity index (χ0n) is 16.7. The highest BCUT2D eigenvalue weighted by molar-refractivity contribution is 6.28. The third-order valence-corrected chi connectivity index (χ3v) is 5.67. The van der Waals surface area contributed by atoms with E-state index in [4.69, 9.17) is 0 Å². The van der Waals surface area contributed by atoms with Gasteiger partial charge in [-0.1, -0.05) is 12.1 Å². The molecule has 3 amide bonds. The Morgan fingerprint density at radius 2 is 1.72 bits per heavy atom. The molecule has 5 rings (SSSR count). The second-order valence-corrected chi connectivity index (χ2v) is 7.58. The van der Waals surface area contributed by atoms with Crippen LogP contribution in [0, 0.1) is 0 Å². The molecule has 29 heavy (non-hydrogen) atoms. The summed E-state index contributed by atoms with van der Waals surface area (Å²) < 4.78 is 4.25. The number of anilines is 2. The number of nitrogens with zero attached hydrogens (tertiary/aromatic N) is 2. The fourth-order valence-corrected chi connectivity index (χ4v) is 4.46. The number of carbonyl (C=O) groups excluding carboxylic acids is 3. The monoisotopic (exact) mass is 395 g/mol. The fraction of sp³-hybridized carbons (Fsp3) is 0.409. The van der Waals surface area contributed by atoms with E-state index in [2.05, 4.69) is 21.0 Å². The topological polar surface area (TPSA) is 79.0 Å². The lowest BCUT2D eigenvalue weighted by Crippen LogP contribution is -2.53. The van der Waals surface area contributed by atoms with E-state index in [1.165, 1.54) is 12.8 Å². The lowest BCUT2D eigenvalue weighted by molar-refractivity contribution is -0.134. The predicted octanol–water partition coefficient (Wildman–Crippen LogP) is 2.47. The standard InChI is InChI=1S/C20H19N3O3.C2H6O/c24-17-9-8-16(19(25)21-17)23-15-5-3-4-12-14(22-10-1-2-11-22)7-6-13(18(12)15)20(23)26;1-3-2/h3-7,16H,1-2,8-11H2,(H,21,24,25);1-2H3. The van der Waals surface area contributed by atoms with Crippen molar-refractivity contribution >= 4 is 39.9 Å². The number of amides is 3. The number of carbonyl (C=O) groups is 3. The van der Waals surface area contributed by atoms with Crippen LogP contribution in [0.2, 0.25) is 0 Å². The van der Waals surface area contributed by atoms with Crippen LogP contribution in [0.25, 0.3) is 10.8 Å². The Bertz CT molecular complexity index is 981. The number of piperidine rings is 1. The minimum Gasteiger partial charge on any atom is -0.388 e. The van der Waals surface area contributed by atoms with E-state index in [1.54, 1.807) is 19.1 Å². The zero-order valence-corrected chi connectivity index (χ0v) is 16.7. The van der Waals surface area contributed by atoms with Gasteiger partial charge in [-0.3, -0.25) is 24.6 Å². The summed E-state index contributed by atoms with van der Waals surface area (Å²) in [6, 6.07) is 9.17. The first-order chi connectivity index (χ1) is 14.1. The van der Waals surface area contributed by atoms with Crippen molar-refractivity contribution in [1.29, 1.82) is 0 Å². The number of hydrogen-bond donors (Lipinski definition) is 1. The molecule has 7 heteroatoms. The van der Waals surface area contributed by atoms with Crippen LogP contribution in [-0.4, -0.2) is 51.1 Å². The van der Waals surface area contributed by atoms with E-state index in [0.717, 1.165) is 35.2 Å². The molecule has 1 N–H and O–H groups in total. The first-order valence-electron chi connectivity index (χ1n) is 9.95. The molecule has 2 saturated heterocycles. The van der Waals surface area contributed by atoms with E-state index in [-0.39, 0.29) is 24.1 Å². The Balaban J connectivity index is 0.000000645. The Labute approximate surface area is 169 Å². The molecule has 0 aliphatic carbocycles. The number of hydrogen-bond acceptors (Lipinski definition) is 5. The van der Waals surface area contributed by atoms with Crippen molar-refractivity contribution < 1.29 is 19.1 Å². The van der Waals surface area contributed by atoms with E-state index >= 15 is 0 Å². The Kier molecular flexibility index (Phi) is 5.24. The molecule has 0 spiro atoms. The lowest BCUT2D eigenvalue weighted by atomic mass is 10.0. The minimum absolute atomic E-state index is 0.154. The number of methoxy groups -OCH3 is 1. The van der Waals surface area contributed by atoms with Crippen LogP contribution in [0.1, 0.15) is 36.0 Å². The van der Waals surface area contributed by atoms with Gasteiger partial charge in [0.15, 0.2) is 0 Å². The molecule has 0 bridgehead atoms. The van der Waals surface area contributed by atoms with Gasteiger partial charge in [-0.05, 0) is 37.5 Å². The van der Waals surface area contributed by atoms with E-state index in [1.807, 2.05) is 24.3 Å². The van der Waals surface area contributed by atoms with Gasteiger partial charge < -0.3 is 9.64 Å². The fourth-order valence-electron chi connectivity index (χ4n) is 4.46. The van der Waals surface area contributed by atoms with Crippen molar-refractivity contribution in [2.24, 2.45) is 0 Å². The SMILES string of the molecule is COC.O=C1CCC(N2C(=O)c3ccc(N4CCCC4)c4cccc2c34)C(=O)N1. The summed E-state index contributed by atoms with van der Waals surface area (Å²) >= 11 is 0. The van der Waals surface area contributed by atoms with Gasteiger partial charge in [0.05, 0.1) is 11.3 Å². The van der Waals surface area contributed by atoms with Gasteiger partial charge in [0.25, 0.3) is 5.91 Å². The third-order valence-electron chi connectivity index (χ3n) is 5.67. The third kappa shape index (κ3) is 3.25. The average molecular weight is 395 g/mol. The predicted molar refractivity (Wildman–Crippen MR) is 111 cm³/mol. The molecule has 3 aliphatic heterocycles. The summed E-state index contributed by atoms with van der Waals surface area (Å²) in [7, 11) is 3.25. The second kappa shape index (κ2) is 7.83. The van der Waals surface area contributed by atoms with Gasteiger partial charge in [-0.2, -0.15) is 0 Å². The first kappa shape index (κ1) is 19.4. The normalized spacial score (nSPS) is 20.8. The maximum absolute atomic E-state index is 13.1. The van der Waals surface area contributed by atoms with Crippen LogP contribution < -0.4 is 15.1 Å². The van der Waals surface area contributed by atoms with Gasteiger partial charge in [-0.25, -0.2) is 0 Å². The van der Waals surface area contributed by atoms with Gasteiger partial charge in [0, 0.05) is 50.2 Å². The van der Waals surface area contributed by atoms with Crippen molar-refractivity contribution in [3.8, 4) is 0 Å². The molecular weight excluding hydrogens is 370 g/mol. The number of imide groups is 1. The zero-order chi connectivity index (χ0) is 20.5. The molecule has 2 aromatic rings. The lowest BCUT2D eigenvalue weighted by Gasteiger charge is -2.30. The number of rotatable bonds is 2. The Morgan fingerprint density at radius 1 is 1.00 bits per heavy atom. The summed E-state index contributed by atoms with van der Waals surface area (Å²) in [5.41, 5.74) is 2.57. The molecule has 0 aromatic heterocycles. The van der Waals surface area contributed by atoms with Crippen LogP contribution >= 0.6 is 0 Å². The number of nitrogens with one attached hydrogen (secondary N) is 1. The van der Waals surface area contributed by atoms with Crippen molar-refractivity contribution in [3.63, 3.8) is 0 Å². The molecule has 3 aliphatic rings. The minimum atomic E-state index is -0.631. The molecular formula is C22H25N3O4. The van der Waals surface area contributed by atoms with Crippen molar-refractivity contribution in [1.82, 2.24) is 5.32 Å². The molecule has 1 unspecified atom stereocenters. The second-order valence-electron chi connectivity index (χ2n) is 7.58. The quantitative estimate of drug-likeness (QED) is 0.791. The van der Waals surface area contributed by atoms with Gasteiger partial charge in [0.1, 0.15) is 6.04 Å². The number of benzene rings is 2. The average Bonchev–Trinajstić information content (AvgIpc) is 3.32. The molecule has 152 valence electrons. The van der Waals surface area contributed by atoms with E-state index in [0.29, 0.717) is 12.0 Å². The molecule has 2 aromatic carbocycles. The van der Waals surface area contributed by atoms with Crippen LogP contribution in [0.15, 0.2) is 30.3 Å². The largest absolute Gasteiger partial charge is 0.388 e. The van der Waals surface area contributed by atoms with E-state index in [9.17, 15) is 14.4 Å². The van der Waals surface area contributed by atoms with Crippen molar-refractivity contribution in [3.05, 3.63) is 35.9 Å². The highest BCUT2D eigenvalue weighted by Crippen LogP contribution is 2.43. The van der Waals surface area contributed by atoms with Crippen LogP contribution in [0.5, 0.6) is 0 Å². The van der Waals surface area contributed by atoms with Crippen molar-refractivity contribution in [2.45, 2.75) is 31.7 Å². The Hall–Kier alpha value is -2.93. The molecule has 3 heterocycles. The highest BCUT2D eigenvalue weighted by atomic mass is 16.4. The van der Waals surface area contributed by atoms with Gasteiger partial charge in [0.2, 0.25) is 11.8 Å². The molecule has 0 radical (unpaired) electrons. The molecule has 1 atom stereocenters. The van der Waals surface area contributed by atoms with E-state index < -0.39 is 6.04 Å². The summed E-state index contributed by atoms with van der Waals surface area (Å²) in [4.78, 5) is 40.8. The Morgan fingerprint density at radius 3 is 2.41 bits per heavy atom. The summed E-state index contributed by atoms with van der Waals surface area (Å²) in [6.07, 6.45) is 2.99. The molecule has 0 saturated carbocycles. The van der Waals surface area contributed by atoms with Gasteiger partial charge >= 0.3 is 0 Å². The smallest absolute Gasteiger partial charge is 0.259 e. The van der Waals surface area contributed by atoms with Crippen LogP contribution in [-0.2, 0) is 14.3 Å². The molecule has 2 fully saturated rings. The highest BCUT2D eigenvalue weighted by Gasteiger charge is 2.41. The van der Waals surface area contributed by atoms with Crippen LogP contribution in [0.3, 0.4) is 0 Å². The van der Waals surface area contributed by atoms with Crippen molar-refractivity contribution in [2.75, 3.05) is 37.1 Å². The first-order valence-corrected chi connectivity index (χ1v) is 9.95. The van der Waals surface area contributed by atoms with Gasteiger partial charge in [-0.15, -0.1) is 0 Å². The summed E-state index contributed by atoms with van der Waals surface area (Å²) in [5.74, 6) is -0.817. The summed E-state index contributed by atoms with van der Waals surface area (Å²) in [5, 5.41) is 4.34.